The molecule has 0 aliphatic carbocycles. The predicted molar refractivity (Wildman–Crippen MR) is 63.5 cm³/mol. The second kappa shape index (κ2) is 6.37. The molecule has 0 radical (unpaired) electrons. The maximum atomic E-state index is 11.6. The highest BCUT2D eigenvalue weighted by atomic mass is 16.5. The first-order valence-corrected chi connectivity index (χ1v) is 5.86. The third-order valence-corrected chi connectivity index (χ3v) is 2.64. The van der Waals surface area contributed by atoms with Crippen LogP contribution in [-0.2, 0) is 20.9 Å². The SMILES string of the molecule is O=C(CC1CNCCO1)OCc1ccccc1. The molecule has 0 saturated carbocycles. The molecule has 17 heavy (non-hydrogen) atoms. The van der Waals surface area contributed by atoms with Gasteiger partial charge in [0.15, 0.2) is 0 Å². The molecule has 0 amide bonds. The van der Waals surface area contributed by atoms with Crippen molar-refractivity contribution in [3.63, 3.8) is 0 Å². The monoisotopic (exact) mass is 235 g/mol. The summed E-state index contributed by atoms with van der Waals surface area (Å²) in [6, 6.07) is 9.67. The topological polar surface area (TPSA) is 47.6 Å². The van der Waals surface area contributed by atoms with Gasteiger partial charge in [0.05, 0.1) is 19.1 Å². The van der Waals surface area contributed by atoms with E-state index in [1.165, 1.54) is 0 Å². The van der Waals surface area contributed by atoms with Crippen LogP contribution in [0.2, 0.25) is 0 Å². The number of nitrogens with one attached hydrogen (secondary N) is 1. The molecule has 1 aromatic rings. The van der Waals surface area contributed by atoms with Crippen molar-refractivity contribution in [1.29, 1.82) is 0 Å². The van der Waals surface area contributed by atoms with Crippen molar-refractivity contribution in [2.45, 2.75) is 19.1 Å². The van der Waals surface area contributed by atoms with Crippen LogP contribution in [-0.4, -0.2) is 31.8 Å². The number of morpholine rings is 1. The van der Waals surface area contributed by atoms with E-state index < -0.39 is 0 Å². The van der Waals surface area contributed by atoms with Crippen LogP contribution < -0.4 is 5.32 Å². The van der Waals surface area contributed by atoms with Crippen molar-refractivity contribution >= 4 is 5.97 Å². The van der Waals surface area contributed by atoms with Crippen molar-refractivity contribution in [1.82, 2.24) is 5.32 Å². The molecule has 2 rings (SSSR count). The lowest BCUT2D eigenvalue weighted by atomic mass is 10.2. The number of hydrogen-bond donors (Lipinski definition) is 1. The molecule has 1 aliphatic heterocycles. The van der Waals surface area contributed by atoms with Gasteiger partial charge in [-0.2, -0.15) is 0 Å². The van der Waals surface area contributed by atoms with E-state index in [2.05, 4.69) is 5.32 Å². The highest BCUT2D eigenvalue weighted by molar-refractivity contribution is 5.70. The first kappa shape index (κ1) is 12.1. The smallest absolute Gasteiger partial charge is 0.308 e. The summed E-state index contributed by atoms with van der Waals surface area (Å²) in [6.07, 6.45) is 0.270. The molecule has 1 aromatic carbocycles. The molecule has 1 atom stereocenters. The lowest BCUT2D eigenvalue weighted by Crippen LogP contribution is -2.39. The molecule has 4 heteroatoms. The van der Waals surface area contributed by atoms with Crippen LogP contribution in [0.25, 0.3) is 0 Å². The molecule has 1 fully saturated rings. The normalized spacial score (nSPS) is 19.9. The van der Waals surface area contributed by atoms with Crippen molar-refractivity contribution in [2.24, 2.45) is 0 Å². The summed E-state index contributed by atoms with van der Waals surface area (Å²) in [6.45, 7) is 2.58. The van der Waals surface area contributed by atoms with Gasteiger partial charge in [0.2, 0.25) is 0 Å². The standard InChI is InChI=1S/C13H17NO3/c15-13(8-12-9-14-6-7-16-12)17-10-11-4-2-1-3-5-11/h1-5,12,14H,6-10H2. The first-order chi connectivity index (χ1) is 8.34. The minimum absolute atomic E-state index is 0.0491. The van der Waals surface area contributed by atoms with Crippen LogP contribution in [0.5, 0.6) is 0 Å². The zero-order chi connectivity index (χ0) is 11.9. The van der Waals surface area contributed by atoms with Crippen LogP contribution in [0.3, 0.4) is 0 Å². The van der Waals surface area contributed by atoms with Gasteiger partial charge in [-0.05, 0) is 5.56 Å². The summed E-state index contributed by atoms with van der Waals surface area (Å²) in [5, 5.41) is 3.18. The Morgan fingerprint density at radius 1 is 1.41 bits per heavy atom. The van der Waals surface area contributed by atoms with Crippen molar-refractivity contribution in [2.75, 3.05) is 19.7 Å². The molecule has 0 spiro atoms. The van der Waals surface area contributed by atoms with Gasteiger partial charge in [0, 0.05) is 13.1 Å². The Balaban J connectivity index is 1.70. The fourth-order valence-corrected chi connectivity index (χ4v) is 1.73. The third kappa shape index (κ3) is 4.17. The van der Waals surface area contributed by atoms with Gasteiger partial charge in [-0.1, -0.05) is 30.3 Å². The molecule has 4 nitrogen and oxygen atoms in total. The van der Waals surface area contributed by atoms with Crippen LogP contribution in [0.15, 0.2) is 30.3 Å². The summed E-state index contributed by atoms with van der Waals surface area (Å²) >= 11 is 0. The highest BCUT2D eigenvalue weighted by Crippen LogP contribution is 2.06. The zero-order valence-electron chi connectivity index (χ0n) is 9.72. The molecule has 1 heterocycles. The Morgan fingerprint density at radius 2 is 2.24 bits per heavy atom. The minimum Gasteiger partial charge on any atom is -0.461 e. The summed E-state index contributed by atoms with van der Waals surface area (Å²) in [5.41, 5.74) is 1.00. The predicted octanol–water partition coefficient (Wildman–Crippen LogP) is 1.11. The number of esters is 1. The quantitative estimate of drug-likeness (QED) is 0.794. The number of benzene rings is 1. The second-order valence-corrected chi connectivity index (χ2v) is 4.05. The summed E-state index contributed by atoms with van der Waals surface area (Å²) in [5.74, 6) is -0.206. The Labute approximate surface area is 101 Å². The number of ether oxygens (including phenoxy) is 2. The van der Waals surface area contributed by atoms with E-state index in [0.29, 0.717) is 19.6 Å². The van der Waals surface area contributed by atoms with Gasteiger partial charge in [-0.25, -0.2) is 0 Å². The van der Waals surface area contributed by atoms with Gasteiger partial charge < -0.3 is 14.8 Å². The molecule has 0 bridgehead atoms. The van der Waals surface area contributed by atoms with Gasteiger partial charge in [-0.15, -0.1) is 0 Å². The molecular formula is C13H17NO3. The van der Waals surface area contributed by atoms with Crippen molar-refractivity contribution in [3.8, 4) is 0 Å². The van der Waals surface area contributed by atoms with E-state index in [1.807, 2.05) is 30.3 Å². The first-order valence-electron chi connectivity index (χ1n) is 5.86. The van der Waals surface area contributed by atoms with Crippen LogP contribution in [0.4, 0.5) is 0 Å². The van der Waals surface area contributed by atoms with Crippen LogP contribution in [0.1, 0.15) is 12.0 Å². The molecule has 92 valence electrons. The van der Waals surface area contributed by atoms with Gasteiger partial charge in [0.25, 0.3) is 0 Å². The molecule has 0 aromatic heterocycles. The summed E-state index contributed by atoms with van der Waals surface area (Å²) in [7, 11) is 0. The van der Waals surface area contributed by atoms with Crippen LogP contribution >= 0.6 is 0 Å². The number of rotatable bonds is 4. The highest BCUT2D eigenvalue weighted by Gasteiger charge is 2.18. The second-order valence-electron chi connectivity index (χ2n) is 4.05. The van der Waals surface area contributed by atoms with Crippen molar-refractivity contribution in [3.05, 3.63) is 35.9 Å². The molecule has 1 saturated heterocycles. The van der Waals surface area contributed by atoms with E-state index in [-0.39, 0.29) is 12.1 Å². The fraction of sp³-hybridized carbons (Fsp3) is 0.462. The van der Waals surface area contributed by atoms with Crippen molar-refractivity contribution < 1.29 is 14.3 Å². The largest absolute Gasteiger partial charge is 0.461 e. The molecule has 1 N–H and O–H groups in total. The molecular weight excluding hydrogens is 218 g/mol. The van der Waals surface area contributed by atoms with E-state index in [4.69, 9.17) is 9.47 Å². The Kier molecular flexibility index (Phi) is 4.53. The number of carbonyl (C=O) groups is 1. The van der Waals surface area contributed by atoms with E-state index in [1.54, 1.807) is 0 Å². The van der Waals surface area contributed by atoms with E-state index >= 15 is 0 Å². The Bertz CT molecular complexity index is 347. The minimum atomic E-state index is -0.206. The average molecular weight is 235 g/mol. The van der Waals surface area contributed by atoms with E-state index in [0.717, 1.165) is 18.7 Å². The third-order valence-electron chi connectivity index (χ3n) is 2.64. The zero-order valence-corrected chi connectivity index (χ0v) is 9.72. The van der Waals surface area contributed by atoms with Crippen LogP contribution in [0, 0.1) is 0 Å². The maximum Gasteiger partial charge on any atom is 0.308 e. The lowest BCUT2D eigenvalue weighted by Gasteiger charge is -2.22. The van der Waals surface area contributed by atoms with Gasteiger partial charge in [-0.3, -0.25) is 4.79 Å². The lowest BCUT2D eigenvalue weighted by molar-refractivity contribution is -0.148. The molecule has 1 unspecified atom stereocenters. The molecule has 1 aliphatic rings. The number of hydrogen-bond acceptors (Lipinski definition) is 4. The fourth-order valence-electron chi connectivity index (χ4n) is 1.73. The maximum absolute atomic E-state index is 11.6. The summed E-state index contributed by atoms with van der Waals surface area (Å²) < 4.78 is 10.6. The summed E-state index contributed by atoms with van der Waals surface area (Å²) in [4.78, 5) is 11.6. The Morgan fingerprint density at radius 3 is 2.94 bits per heavy atom. The van der Waals surface area contributed by atoms with Gasteiger partial charge in [0.1, 0.15) is 6.61 Å². The van der Waals surface area contributed by atoms with Gasteiger partial charge >= 0.3 is 5.97 Å². The average Bonchev–Trinajstić information content (AvgIpc) is 2.39. The Hall–Kier alpha value is -1.39. The number of carbonyl (C=O) groups excluding carboxylic acids is 1. The van der Waals surface area contributed by atoms with E-state index in [9.17, 15) is 4.79 Å².